The molecule has 2 amide bonds. The summed E-state index contributed by atoms with van der Waals surface area (Å²) in [5, 5.41) is 23.6. The van der Waals surface area contributed by atoms with Gasteiger partial charge in [-0.05, 0) is 17.7 Å². The molecule has 1 saturated heterocycles. The van der Waals surface area contributed by atoms with E-state index in [2.05, 4.69) is 30.0 Å². The number of hydrogen-bond donors (Lipinski definition) is 3. The average molecular weight is 577 g/mol. The van der Waals surface area contributed by atoms with E-state index < -0.39 is 29.2 Å². The number of carbonyl (C=O) groups is 3. The van der Waals surface area contributed by atoms with E-state index in [9.17, 15) is 19.5 Å². The summed E-state index contributed by atoms with van der Waals surface area (Å²) >= 11 is 4.93. The van der Waals surface area contributed by atoms with E-state index in [1.54, 1.807) is 35.8 Å². The number of nitrogen functional groups attached to an aromatic ring is 1. The summed E-state index contributed by atoms with van der Waals surface area (Å²) in [6.45, 7) is 0. The molecule has 2 aliphatic heterocycles. The number of thioether (sulfide) groups is 2. The summed E-state index contributed by atoms with van der Waals surface area (Å²) < 4.78 is 4.72. The number of anilines is 1. The Kier molecular flexibility index (Phi) is 7.36. The first-order valence-electron chi connectivity index (χ1n) is 10.4. The number of oxime groups is 1. The summed E-state index contributed by atoms with van der Waals surface area (Å²) in [7, 11) is 0. The van der Waals surface area contributed by atoms with Crippen molar-refractivity contribution in [2.24, 2.45) is 5.16 Å². The minimum Gasteiger partial charge on any atom is -0.477 e. The fourth-order valence-corrected chi connectivity index (χ4v) is 6.88. The molecule has 0 saturated carbocycles. The number of amides is 2. The number of nitrogens with zero attached hydrogens (tertiary/aromatic N) is 6. The standard InChI is InChI=1S/C20H16N8O5S4/c21-19-24-14(27-37-19)11(26-33-10-4-2-1-3-5-10)15(29)23-12-16(30)28-13(18(31)32)9(6-34-17(12)28)7-35-20-25-22-8-36-20/h1-5,8,12,17H,6-7H2,(H,23,29)(H,31,32)(H2,21,24,27)/t12?,17-/m0/s1. The van der Waals surface area contributed by atoms with Crippen LogP contribution in [-0.2, 0) is 14.4 Å². The van der Waals surface area contributed by atoms with E-state index in [-0.39, 0.29) is 22.4 Å². The highest BCUT2D eigenvalue weighted by Gasteiger charge is 2.54. The maximum Gasteiger partial charge on any atom is 0.352 e. The van der Waals surface area contributed by atoms with Crippen LogP contribution in [0.25, 0.3) is 0 Å². The first-order chi connectivity index (χ1) is 17.9. The van der Waals surface area contributed by atoms with Crippen LogP contribution in [0.3, 0.4) is 0 Å². The number of aliphatic carboxylic acids is 1. The first kappa shape index (κ1) is 25.1. The van der Waals surface area contributed by atoms with Gasteiger partial charge in [0.25, 0.3) is 11.8 Å². The van der Waals surface area contributed by atoms with E-state index in [1.807, 2.05) is 0 Å². The summed E-state index contributed by atoms with van der Waals surface area (Å²) in [5.41, 5.74) is 7.50. The molecule has 0 radical (unpaired) electrons. The van der Waals surface area contributed by atoms with Crippen LogP contribution >= 0.6 is 46.4 Å². The number of nitrogens with two attached hydrogens (primary N) is 1. The van der Waals surface area contributed by atoms with Crippen molar-refractivity contribution in [2.45, 2.75) is 15.8 Å². The van der Waals surface area contributed by atoms with Crippen molar-refractivity contribution in [1.29, 1.82) is 0 Å². The molecule has 37 heavy (non-hydrogen) atoms. The Morgan fingerprint density at radius 1 is 1.32 bits per heavy atom. The number of hydrogen-bond acceptors (Lipinski definition) is 14. The molecule has 0 bridgehead atoms. The molecule has 3 aromatic rings. The largest absolute Gasteiger partial charge is 0.477 e. The van der Waals surface area contributed by atoms with Crippen molar-refractivity contribution in [1.82, 2.24) is 29.8 Å². The van der Waals surface area contributed by atoms with E-state index in [0.29, 0.717) is 27.2 Å². The lowest BCUT2D eigenvalue weighted by molar-refractivity contribution is -0.150. The predicted molar refractivity (Wildman–Crippen MR) is 138 cm³/mol. The average Bonchev–Trinajstić information content (AvgIpc) is 3.58. The summed E-state index contributed by atoms with van der Waals surface area (Å²) in [5.74, 6) is -1.48. The van der Waals surface area contributed by atoms with Gasteiger partial charge in [-0.25, -0.2) is 4.79 Å². The second-order valence-corrected chi connectivity index (χ2v) is 11.4. The minimum absolute atomic E-state index is 0.0574. The van der Waals surface area contributed by atoms with Crippen molar-refractivity contribution in [3.63, 3.8) is 0 Å². The molecular weight excluding hydrogens is 561 g/mol. The number of nitrogens with one attached hydrogen (secondary N) is 1. The Balaban J connectivity index is 1.33. The normalized spacial score (nSPS) is 19.3. The van der Waals surface area contributed by atoms with Crippen molar-refractivity contribution in [3.05, 3.63) is 52.9 Å². The van der Waals surface area contributed by atoms with Gasteiger partial charge in [0, 0.05) is 23.0 Å². The molecule has 1 aromatic carbocycles. The number of aromatic nitrogens is 4. The number of para-hydroxylation sites is 1. The lowest BCUT2D eigenvalue weighted by Gasteiger charge is -2.49. The number of rotatable bonds is 9. The van der Waals surface area contributed by atoms with Crippen LogP contribution in [0, 0.1) is 0 Å². The number of carboxylic acid groups (broad SMARTS) is 1. The number of β-lactam (4-membered cyclic amide) rings is 1. The Labute approximate surface area is 225 Å². The maximum absolute atomic E-state index is 13.1. The van der Waals surface area contributed by atoms with Gasteiger partial charge < -0.3 is 21.0 Å². The number of fused-ring (bicyclic) bond motifs is 1. The van der Waals surface area contributed by atoms with Crippen LogP contribution in [-0.4, -0.2) is 76.0 Å². The second-order valence-electron chi connectivity index (χ2n) is 7.41. The molecule has 13 nitrogen and oxygen atoms in total. The molecular formula is C20H16N8O5S4. The molecule has 0 spiro atoms. The summed E-state index contributed by atoms with van der Waals surface area (Å²) in [6, 6.07) is 7.59. The fraction of sp³-hybridized carbons (Fsp3) is 0.200. The van der Waals surface area contributed by atoms with Gasteiger partial charge in [0.15, 0.2) is 15.2 Å². The van der Waals surface area contributed by atoms with Crippen LogP contribution < -0.4 is 15.9 Å². The van der Waals surface area contributed by atoms with Crippen LogP contribution in [0.15, 0.2) is 56.6 Å². The molecule has 2 aliphatic rings. The van der Waals surface area contributed by atoms with Gasteiger partial charge in [0.05, 0.1) is 0 Å². The molecule has 190 valence electrons. The fourth-order valence-electron chi connectivity index (χ4n) is 3.47. The minimum atomic E-state index is -1.21. The Morgan fingerprint density at radius 2 is 2.14 bits per heavy atom. The van der Waals surface area contributed by atoms with Crippen molar-refractivity contribution in [3.8, 4) is 5.75 Å². The van der Waals surface area contributed by atoms with Crippen molar-refractivity contribution in [2.75, 3.05) is 17.2 Å². The zero-order valence-electron chi connectivity index (χ0n) is 18.5. The summed E-state index contributed by atoms with van der Waals surface area (Å²) in [4.78, 5) is 48.8. The van der Waals surface area contributed by atoms with Crippen LogP contribution in [0.5, 0.6) is 5.75 Å². The molecule has 1 fully saturated rings. The third-order valence-electron chi connectivity index (χ3n) is 5.10. The SMILES string of the molecule is Nc1nc(C(=NOc2ccccc2)C(=O)NC2C(=O)N3C(C(=O)O)=C(CSc4nncs4)CS[C@@H]23)ns1. The molecule has 0 aliphatic carbocycles. The Hall–Kier alpha value is -3.54. The molecule has 5 rings (SSSR count). The highest BCUT2D eigenvalue weighted by molar-refractivity contribution is 8.01. The maximum atomic E-state index is 13.1. The lowest BCUT2D eigenvalue weighted by Crippen LogP contribution is -2.71. The Morgan fingerprint density at radius 3 is 2.81 bits per heavy atom. The molecule has 1 unspecified atom stereocenters. The third kappa shape index (κ3) is 5.29. The summed E-state index contributed by atoms with van der Waals surface area (Å²) in [6.07, 6.45) is 0. The first-order valence-corrected chi connectivity index (χ1v) is 14.1. The number of benzene rings is 1. The van der Waals surface area contributed by atoms with Gasteiger partial charge in [-0.2, -0.15) is 9.36 Å². The predicted octanol–water partition coefficient (Wildman–Crippen LogP) is 1.29. The molecule has 4 N–H and O–H groups in total. The quantitative estimate of drug-likeness (QED) is 0.144. The van der Waals surface area contributed by atoms with Gasteiger partial charge in [-0.15, -0.1) is 22.0 Å². The van der Waals surface area contributed by atoms with E-state index >= 15 is 0 Å². The van der Waals surface area contributed by atoms with Gasteiger partial charge in [-0.3, -0.25) is 14.5 Å². The van der Waals surface area contributed by atoms with Crippen LogP contribution in [0.2, 0.25) is 0 Å². The third-order valence-corrected chi connectivity index (χ3v) is 8.93. The molecule has 2 aromatic heterocycles. The van der Waals surface area contributed by atoms with E-state index in [4.69, 9.17) is 10.6 Å². The highest BCUT2D eigenvalue weighted by Crippen LogP contribution is 2.41. The lowest BCUT2D eigenvalue weighted by atomic mass is 10.0. The topological polar surface area (TPSA) is 186 Å². The molecule has 4 heterocycles. The van der Waals surface area contributed by atoms with E-state index in [0.717, 1.165) is 11.5 Å². The number of carboxylic acids is 1. The van der Waals surface area contributed by atoms with Crippen LogP contribution in [0.4, 0.5) is 5.13 Å². The van der Waals surface area contributed by atoms with Crippen LogP contribution in [0.1, 0.15) is 5.82 Å². The molecule has 17 heteroatoms. The zero-order valence-corrected chi connectivity index (χ0v) is 21.8. The van der Waals surface area contributed by atoms with Crippen molar-refractivity contribution >= 4 is 75.0 Å². The van der Waals surface area contributed by atoms with Gasteiger partial charge in [0.1, 0.15) is 22.6 Å². The highest BCUT2D eigenvalue weighted by atomic mass is 32.2. The Bertz CT molecular complexity index is 1390. The van der Waals surface area contributed by atoms with Gasteiger partial charge >= 0.3 is 5.97 Å². The zero-order chi connectivity index (χ0) is 25.9. The molecule has 2 atom stereocenters. The van der Waals surface area contributed by atoms with E-state index in [1.165, 1.54) is 39.8 Å². The van der Waals surface area contributed by atoms with Gasteiger partial charge in [-0.1, -0.05) is 46.5 Å². The number of carbonyl (C=O) groups excluding carboxylic acids is 2. The van der Waals surface area contributed by atoms with Crippen molar-refractivity contribution < 1.29 is 24.3 Å². The monoisotopic (exact) mass is 576 g/mol. The smallest absolute Gasteiger partial charge is 0.352 e. The second kappa shape index (κ2) is 10.8. The van der Waals surface area contributed by atoms with Gasteiger partial charge in [0.2, 0.25) is 11.5 Å².